The monoisotopic (exact) mass is 445 g/mol. The fourth-order valence-electron chi connectivity index (χ4n) is 4.36. The maximum atomic E-state index is 13.8. The molecule has 1 aliphatic heterocycles. The Hall–Kier alpha value is -2.52. The van der Waals surface area contributed by atoms with Gasteiger partial charge in [-0.2, -0.15) is 0 Å². The third-order valence-electron chi connectivity index (χ3n) is 6.41. The van der Waals surface area contributed by atoms with Crippen LogP contribution in [0.1, 0.15) is 74.7 Å². The van der Waals surface area contributed by atoms with Crippen LogP contribution in [0, 0.1) is 11.3 Å². The van der Waals surface area contributed by atoms with Gasteiger partial charge in [0.1, 0.15) is 20.6 Å². The summed E-state index contributed by atoms with van der Waals surface area (Å²) in [5, 5.41) is 0. The second-order valence-corrected chi connectivity index (χ2v) is 13.1. The molecule has 32 heavy (non-hydrogen) atoms. The average molecular weight is 446 g/mol. The summed E-state index contributed by atoms with van der Waals surface area (Å²) in [6.07, 6.45) is 6.56. The van der Waals surface area contributed by atoms with E-state index in [9.17, 15) is 9.59 Å². The minimum absolute atomic E-state index is 0.0122. The van der Waals surface area contributed by atoms with Crippen LogP contribution in [-0.2, 0) is 15.9 Å². The molecule has 2 aromatic carbocycles. The lowest BCUT2D eigenvalue weighted by Gasteiger charge is -2.30. The van der Waals surface area contributed by atoms with Gasteiger partial charge in [-0.05, 0) is 71.4 Å². The molecule has 2 atom stereocenters. The Kier molecular flexibility index (Phi) is 5.53. The first kappa shape index (κ1) is 22.7. The second-order valence-electron chi connectivity index (χ2n) is 10.9. The largest absolute Gasteiger partial charge is 0.295 e. The number of ketones is 2. The number of allylic oxidation sites excluding steroid dienone is 4. The number of hydrogen-bond donors (Lipinski definition) is 0. The lowest BCUT2D eigenvalue weighted by atomic mass is 9.78. The number of Topliss-reactive ketones (excluding diaryl/α,β-unsaturated/α-hetero) is 2. The standard InChI is InChI=1S/C29H32O2S/c1-18(30)19-8-12-22(13-9-19)32-25-14-10-20(28(2,3)4)16-23(25)27(31)24-17-21(29(5,6)7)11-15-26(24)32/h8-17,23H,1-7H3/p+1. The van der Waals surface area contributed by atoms with Crippen molar-refractivity contribution in [3.63, 3.8) is 0 Å². The van der Waals surface area contributed by atoms with E-state index >= 15 is 0 Å². The van der Waals surface area contributed by atoms with Crippen molar-refractivity contribution >= 4 is 26.9 Å². The predicted octanol–water partition coefficient (Wildman–Crippen LogP) is 6.48. The Morgan fingerprint density at radius 1 is 0.875 bits per heavy atom. The summed E-state index contributed by atoms with van der Waals surface area (Å²) in [7, 11) is -0.848. The van der Waals surface area contributed by atoms with Gasteiger partial charge in [0, 0.05) is 5.56 Å². The molecule has 0 N–H and O–H groups in total. The van der Waals surface area contributed by atoms with E-state index in [0.717, 1.165) is 16.0 Å². The zero-order chi connectivity index (χ0) is 23.4. The molecule has 0 spiro atoms. The normalized spacial score (nSPS) is 20.5. The summed E-state index contributed by atoms with van der Waals surface area (Å²) in [4.78, 5) is 29.1. The van der Waals surface area contributed by atoms with E-state index < -0.39 is 10.5 Å². The maximum absolute atomic E-state index is 13.8. The zero-order valence-electron chi connectivity index (χ0n) is 20.1. The summed E-state index contributed by atoms with van der Waals surface area (Å²) in [6, 6.07) is 14.4. The highest BCUT2D eigenvalue weighted by molar-refractivity contribution is 7.97. The van der Waals surface area contributed by atoms with Crippen LogP contribution < -0.4 is 0 Å². The molecule has 1 aliphatic carbocycles. The molecule has 0 aromatic heterocycles. The quantitative estimate of drug-likeness (QED) is 0.229. The highest BCUT2D eigenvalue weighted by Crippen LogP contribution is 2.39. The van der Waals surface area contributed by atoms with Crippen molar-refractivity contribution in [2.45, 2.75) is 63.7 Å². The van der Waals surface area contributed by atoms with Gasteiger partial charge in [-0.3, -0.25) is 9.59 Å². The minimum atomic E-state index is -0.848. The van der Waals surface area contributed by atoms with Crippen molar-refractivity contribution in [3.8, 4) is 0 Å². The highest BCUT2D eigenvalue weighted by Gasteiger charge is 2.40. The van der Waals surface area contributed by atoms with Crippen molar-refractivity contribution in [1.29, 1.82) is 0 Å². The van der Waals surface area contributed by atoms with E-state index in [-0.39, 0.29) is 28.3 Å². The molecule has 4 rings (SSSR count). The van der Waals surface area contributed by atoms with Crippen LogP contribution in [0.4, 0.5) is 0 Å². The van der Waals surface area contributed by atoms with Crippen molar-refractivity contribution < 1.29 is 9.59 Å². The molecule has 2 aliphatic rings. The Morgan fingerprint density at radius 3 is 2.09 bits per heavy atom. The lowest BCUT2D eigenvalue weighted by Crippen LogP contribution is -2.33. The van der Waals surface area contributed by atoms with E-state index in [1.54, 1.807) is 6.92 Å². The van der Waals surface area contributed by atoms with Crippen LogP contribution in [0.3, 0.4) is 0 Å². The van der Waals surface area contributed by atoms with E-state index in [1.807, 2.05) is 12.1 Å². The maximum Gasteiger partial charge on any atom is 0.183 e. The van der Waals surface area contributed by atoms with Crippen LogP contribution in [0.25, 0.3) is 0 Å². The summed E-state index contributed by atoms with van der Waals surface area (Å²) >= 11 is 0. The van der Waals surface area contributed by atoms with E-state index in [0.29, 0.717) is 0 Å². The Bertz CT molecular complexity index is 1210. The highest BCUT2D eigenvalue weighted by atomic mass is 32.2. The van der Waals surface area contributed by atoms with E-state index in [1.165, 1.54) is 20.9 Å². The van der Waals surface area contributed by atoms with Gasteiger partial charge in [-0.25, -0.2) is 0 Å². The molecule has 3 heteroatoms. The SMILES string of the molecule is CC(=O)c1ccc([SH+]2=C3C=CC(C(C)(C)C)=CC3C(=O)c3cc(C(C)(C)C)ccc32)cc1. The van der Waals surface area contributed by atoms with Gasteiger partial charge < -0.3 is 0 Å². The molecule has 0 radical (unpaired) electrons. The number of fused-ring (bicyclic) bond motifs is 2. The molecule has 1 heterocycles. The molecule has 0 bridgehead atoms. The van der Waals surface area contributed by atoms with Crippen molar-refractivity contribution in [2.24, 2.45) is 11.3 Å². The molecule has 2 unspecified atom stereocenters. The molecular weight excluding hydrogens is 412 g/mol. The Morgan fingerprint density at radius 2 is 1.53 bits per heavy atom. The molecule has 0 saturated carbocycles. The Labute approximate surface area is 194 Å². The summed E-state index contributed by atoms with van der Waals surface area (Å²) in [5.41, 5.74) is 3.92. The smallest absolute Gasteiger partial charge is 0.183 e. The minimum Gasteiger partial charge on any atom is -0.295 e. The van der Waals surface area contributed by atoms with Gasteiger partial charge in [0.2, 0.25) is 0 Å². The fraction of sp³-hybridized carbons (Fsp3) is 0.345. The van der Waals surface area contributed by atoms with Crippen LogP contribution in [-0.4, -0.2) is 16.4 Å². The van der Waals surface area contributed by atoms with Crippen molar-refractivity contribution in [1.82, 2.24) is 0 Å². The topological polar surface area (TPSA) is 34.1 Å². The molecule has 166 valence electrons. The number of rotatable bonds is 2. The number of carbonyl (C=O) groups excluding carboxylic acids is 2. The number of carbonyl (C=O) groups is 2. The third-order valence-corrected chi connectivity index (χ3v) is 9.04. The van der Waals surface area contributed by atoms with Gasteiger partial charge in [0.15, 0.2) is 11.6 Å². The summed E-state index contributed by atoms with van der Waals surface area (Å²) in [5.74, 6) is 0.0426. The zero-order valence-corrected chi connectivity index (χ0v) is 21.0. The van der Waals surface area contributed by atoms with Crippen molar-refractivity contribution in [2.75, 3.05) is 0 Å². The van der Waals surface area contributed by atoms with Crippen LogP contribution >= 0.6 is 0 Å². The van der Waals surface area contributed by atoms with Gasteiger partial charge in [-0.15, -0.1) is 0 Å². The fourth-order valence-corrected chi connectivity index (χ4v) is 6.99. The first-order valence-electron chi connectivity index (χ1n) is 11.2. The lowest BCUT2D eigenvalue weighted by molar-refractivity contribution is 0.0967. The second kappa shape index (κ2) is 7.81. The molecule has 2 aromatic rings. The van der Waals surface area contributed by atoms with Gasteiger partial charge in [0.25, 0.3) is 0 Å². The molecular formula is C29H33O2S+. The van der Waals surface area contributed by atoms with Gasteiger partial charge in [0.05, 0.1) is 5.56 Å². The van der Waals surface area contributed by atoms with Gasteiger partial charge in [-0.1, -0.05) is 70.2 Å². The predicted molar refractivity (Wildman–Crippen MR) is 136 cm³/mol. The van der Waals surface area contributed by atoms with E-state index in [4.69, 9.17) is 0 Å². The summed E-state index contributed by atoms with van der Waals surface area (Å²) < 4.78 is 0. The molecule has 2 nitrogen and oxygen atoms in total. The van der Waals surface area contributed by atoms with Gasteiger partial charge >= 0.3 is 0 Å². The molecule has 0 saturated heterocycles. The van der Waals surface area contributed by atoms with Crippen LogP contribution in [0.15, 0.2) is 76.1 Å². The first-order valence-corrected chi connectivity index (χ1v) is 12.6. The first-order chi connectivity index (χ1) is 14.9. The average Bonchev–Trinajstić information content (AvgIpc) is 2.72. The van der Waals surface area contributed by atoms with E-state index in [2.05, 4.69) is 90.1 Å². The Balaban J connectivity index is 1.97. The van der Waals surface area contributed by atoms with Crippen molar-refractivity contribution in [3.05, 3.63) is 83.0 Å². The van der Waals surface area contributed by atoms with Crippen LogP contribution in [0.5, 0.6) is 0 Å². The molecule has 0 amide bonds. The summed E-state index contributed by atoms with van der Waals surface area (Å²) in [6.45, 7) is 14.7. The number of hydrogen-bond acceptors (Lipinski definition) is 2. The molecule has 0 fully saturated rings. The number of thiol groups is 1. The number of benzene rings is 2. The van der Waals surface area contributed by atoms with Crippen LogP contribution in [0.2, 0.25) is 0 Å². The third kappa shape index (κ3) is 3.99.